The zero-order chi connectivity index (χ0) is 13.2. The summed E-state index contributed by atoms with van der Waals surface area (Å²) in [6.07, 6.45) is 0.828. The van der Waals surface area contributed by atoms with Gasteiger partial charge in [0, 0.05) is 23.9 Å². The Hall–Kier alpha value is -0.630. The minimum Gasteiger partial charge on any atom is -0.326 e. The average molecular weight is 290 g/mol. The zero-order valence-corrected chi connectivity index (χ0v) is 11.4. The van der Waals surface area contributed by atoms with Crippen LogP contribution in [-0.2, 0) is 16.6 Å². The first-order valence-electron chi connectivity index (χ1n) is 5.61. The molecule has 1 saturated heterocycles. The first-order valence-corrected chi connectivity index (χ1v) is 8.25. The fraction of sp³-hybridized carbons (Fsp3) is 0.455. The molecule has 1 fully saturated rings. The van der Waals surface area contributed by atoms with E-state index in [1.54, 1.807) is 11.8 Å². The Morgan fingerprint density at radius 1 is 1.50 bits per heavy atom. The van der Waals surface area contributed by atoms with Crippen molar-refractivity contribution in [1.29, 1.82) is 0 Å². The molecule has 3 N–H and O–H groups in total. The quantitative estimate of drug-likeness (QED) is 0.870. The molecule has 0 bridgehead atoms. The highest BCUT2D eigenvalue weighted by Gasteiger charge is 2.23. The molecule has 0 amide bonds. The standard InChI is InChI=1S/C11H15FN2O2S2/c12-11-2-1-10(5-8(11)6-13)18(15,16)14-9-3-4-17-7-9/h1-2,5,9,14H,3-4,6-7,13H2. The molecule has 1 heterocycles. The number of nitrogens with one attached hydrogen (secondary N) is 1. The van der Waals surface area contributed by atoms with Crippen molar-refractivity contribution in [2.24, 2.45) is 5.73 Å². The second-order valence-electron chi connectivity index (χ2n) is 4.14. The van der Waals surface area contributed by atoms with Gasteiger partial charge in [-0.3, -0.25) is 0 Å². The number of nitrogens with two attached hydrogens (primary N) is 1. The topological polar surface area (TPSA) is 72.2 Å². The summed E-state index contributed by atoms with van der Waals surface area (Å²) in [5, 5.41) is 0. The number of rotatable bonds is 4. The lowest BCUT2D eigenvalue weighted by molar-refractivity contribution is 0.562. The molecule has 1 aliphatic rings. The second kappa shape index (κ2) is 5.56. The first kappa shape index (κ1) is 13.8. The smallest absolute Gasteiger partial charge is 0.240 e. The van der Waals surface area contributed by atoms with Gasteiger partial charge in [0.25, 0.3) is 0 Å². The van der Waals surface area contributed by atoms with E-state index in [-0.39, 0.29) is 23.0 Å². The van der Waals surface area contributed by atoms with Crippen LogP contribution in [0.15, 0.2) is 23.1 Å². The van der Waals surface area contributed by atoms with Gasteiger partial charge in [-0.05, 0) is 30.4 Å². The maximum absolute atomic E-state index is 13.3. The summed E-state index contributed by atoms with van der Waals surface area (Å²) in [5.74, 6) is 1.27. The molecular weight excluding hydrogens is 275 g/mol. The highest BCUT2D eigenvalue weighted by atomic mass is 32.2. The molecule has 7 heteroatoms. The summed E-state index contributed by atoms with van der Waals surface area (Å²) < 4.78 is 40.1. The van der Waals surface area contributed by atoms with Gasteiger partial charge >= 0.3 is 0 Å². The summed E-state index contributed by atoms with van der Waals surface area (Å²) in [6, 6.07) is 3.66. The second-order valence-corrected chi connectivity index (χ2v) is 7.00. The zero-order valence-electron chi connectivity index (χ0n) is 9.73. The molecular formula is C11H15FN2O2S2. The minimum absolute atomic E-state index is 0.0194. The first-order chi connectivity index (χ1) is 8.53. The van der Waals surface area contributed by atoms with E-state index < -0.39 is 15.8 Å². The van der Waals surface area contributed by atoms with Gasteiger partial charge in [-0.25, -0.2) is 17.5 Å². The molecule has 0 saturated carbocycles. The van der Waals surface area contributed by atoms with E-state index in [9.17, 15) is 12.8 Å². The van der Waals surface area contributed by atoms with Crippen molar-refractivity contribution in [2.45, 2.75) is 23.9 Å². The predicted octanol–water partition coefficient (Wildman–Crippen LogP) is 1.07. The van der Waals surface area contributed by atoms with Gasteiger partial charge in [-0.1, -0.05) is 0 Å². The highest BCUT2D eigenvalue weighted by Crippen LogP contribution is 2.20. The largest absolute Gasteiger partial charge is 0.326 e. The number of thioether (sulfide) groups is 1. The van der Waals surface area contributed by atoms with E-state index >= 15 is 0 Å². The molecule has 1 atom stereocenters. The molecule has 1 aliphatic heterocycles. The van der Waals surface area contributed by atoms with E-state index in [0.29, 0.717) is 0 Å². The molecule has 1 aromatic carbocycles. The van der Waals surface area contributed by atoms with Crippen molar-refractivity contribution >= 4 is 21.8 Å². The fourth-order valence-electron chi connectivity index (χ4n) is 1.79. The maximum Gasteiger partial charge on any atom is 0.240 e. The molecule has 2 rings (SSSR count). The van der Waals surface area contributed by atoms with E-state index in [1.807, 2.05) is 0 Å². The predicted molar refractivity (Wildman–Crippen MR) is 70.3 cm³/mol. The van der Waals surface area contributed by atoms with E-state index in [4.69, 9.17) is 5.73 Å². The van der Waals surface area contributed by atoms with E-state index in [1.165, 1.54) is 12.1 Å². The maximum atomic E-state index is 13.3. The van der Waals surface area contributed by atoms with Crippen LogP contribution in [-0.4, -0.2) is 26.0 Å². The van der Waals surface area contributed by atoms with Crippen LogP contribution < -0.4 is 10.5 Å². The molecule has 18 heavy (non-hydrogen) atoms. The summed E-state index contributed by atoms with van der Waals surface area (Å²) >= 11 is 1.72. The Kier molecular flexibility index (Phi) is 4.26. The lowest BCUT2D eigenvalue weighted by Gasteiger charge is -2.12. The fourth-order valence-corrected chi connectivity index (χ4v) is 4.37. The van der Waals surface area contributed by atoms with Gasteiger partial charge in [0.15, 0.2) is 0 Å². The third kappa shape index (κ3) is 3.03. The van der Waals surface area contributed by atoms with Crippen LogP contribution in [0.1, 0.15) is 12.0 Å². The van der Waals surface area contributed by atoms with Crippen molar-refractivity contribution in [1.82, 2.24) is 4.72 Å². The SMILES string of the molecule is NCc1cc(S(=O)(=O)NC2CCSC2)ccc1F. The molecule has 4 nitrogen and oxygen atoms in total. The van der Waals surface area contributed by atoms with Crippen LogP contribution in [0.5, 0.6) is 0 Å². The lowest BCUT2D eigenvalue weighted by atomic mass is 10.2. The number of hydrogen-bond acceptors (Lipinski definition) is 4. The van der Waals surface area contributed by atoms with Gasteiger partial charge in [-0.15, -0.1) is 0 Å². The van der Waals surface area contributed by atoms with Crippen LogP contribution in [0.4, 0.5) is 4.39 Å². The Bertz CT molecular complexity index is 528. The third-order valence-electron chi connectivity index (χ3n) is 2.80. The normalized spacial score (nSPS) is 20.2. The number of halogens is 1. The average Bonchev–Trinajstić information content (AvgIpc) is 2.81. The molecule has 0 aliphatic carbocycles. The highest BCUT2D eigenvalue weighted by molar-refractivity contribution is 7.99. The molecule has 1 unspecified atom stereocenters. The van der Waals surface area contributed by atoms with Crippen molar-refractivity contribution in [3.05, 3.63) is 29.6 Å². The summed E-state index contributed by atoms with van der Waals surface area (Å²) in [6.45, 7) is -0.0194. The van der Waals surface area contributed by atoms with Crippen molar-refractivity contribution in [3.8, 4) is 0 Å². The molecule has 0 aromatic heterocycles. The molecule has 1 aromatic rings. The Morgan fingerprint density at radius 2 is 2.28 bits per heavy atom. The van der Waals surface area contributed by atoms with Gasteiger partial charge in [0.1, 0.15) is 5.82 Å². The Morgan fingerprint density at radius 3 is 2.89 bits per heavy atom. The summed E-state index contributed by atoms with van der Waals surface area (Å²) in [7, 11) is -3.58. The van der Waals surface area contributed by atoms with Crippen LogP contribution in [0.2, 0.25) is 0 Å². The van der Waals surface area contributed by atoms with Gasteiger partial charge < -0.3 is 5.73 Å². The molecule has 0 radical (unpaired) electrons. The van der Waals surface area contributed by atoms with Gasteiger partial charge in [0.2, 0.25) is 10.0 Å². The van der Waals surface area contributed by atoms with Crippen LogP contribution in [0.3, 0.4) is 0 Å². The van der Waals surface area contributed by atoms with Gasteiger partial charge in [0.05, 0.1) is 4.90 Å². The lowest BCUT2D eigenvalue weighted by Crippen LogP contribution is -2.34. The number of sulfonamides is 1. The third-order valence-corrected chi connectivity index (χ3v) is 5.48. The monoisotopic (exact) mass is 290 g/mol. The summed E-state index contributed by atoms with van der Waals surface area (Å²) in [4.78, 5) is 0.0706. The van der Waals surface area contributed by atoms with E-state index in [2.05, 4.69) is 4.72 Å². The van der Waals surface area contributed by atoms with Crippen LogP contribution in [0, 0.1) is 5.82 Å². The van der Waals surface area contributed by atoms with E-state index in [0.717, 1.165) is 24.0 Å². The minimum atomic E-state index is -3.58. The van der Waals surface area contributed by atoms with Crippen LogP contribution in [0.25, 0.3) is 0 Å². The van der Waals surface area contributed by atoms with Crippen molar-refractivity contribution < 1.29 is 12.8 Å². The molecule has 0 spiro atoms. The number of benzene rings is 1. The van der Waals surface area contributed by atoms with Gasteiger partial charge in [-0.2, -0.15) is 11.8 Å². The summed E-state index contributed by atoms with van der Waals surface area (Å²) in [5.41, 5.74) is 5.57. The van der Waals surface area contributed by atoms with Crippen molar-refractivity contribution in [3.63, 3.8) is 0 Å². The Balaban J connectivity index is 2.23. The van der Waals surface area contributed by atoms with Crippen LogP contribution >= 0.6 is 11.8 Å². The Labute approximate surface area is 110 Å². The number of hydrogen-bond donors (Lipinski definition) is 2. The van der Waals surface area contributed by atoms with Crippen molar-refractivity contribution in [2.75, 3.05) is 11.5 Å². The molecule has 100 valence electrons.